The molecule has 1 heterocycles. The summed E-state index contributed by atoms with van der Waals surface area (Å²) < 4.78 is 18.9. The first kappa shape index (κ1) is 17.9. The molecule has 8 heteroatoms. The Morgan fingerprint density at radius 1 is 1.24 bits per heavy atom. The van der Waals surface area contributed by atoms with Gasteiger partial charge in [-0.3, -0.25) is 14.4 Å². The largest absolute Gasteiger partial charge is 0.465 e. The quantitative estimate of drug-likeness (QED) is 0.662. The number of primary amides is 1. The normalized spacial score (nSPS) is 10.6. The van der Waals surface area contributed by atoms with Gasteiger partial charge in [0.1, 0.15) is 11.6 Å². The number of halogens is 1. The van der Waals surface area contributed by atoms with Crippen LogP contribution in [0.1, 0.15) is 22.5 Å². The zero-order valence-corrected chi connectivity index (χ0v) is 13.1. The summed E-state index contributed by atoms with van der Waals surface area (Å²) in [5, 5.41) is 4.82. The Morgan fingerprint density at radius 3 is 2.72 bits per heavy atom. The van der Waals surface area contributed by atoms with Crippen molar-refractivity contribution in [3.8, 4) is 0 Å². The van der Waals surface area contributed by atoms with Gasteiger partial charge in [-0.15, -0.1) is 0 Å². The second kappa shape index (κ2) is 8.44. The first-order valence-corrected chi connectivity index (χ1v) is 7.34. The van der Waals surface area contributed by atoms with Crippen LogP contribution in [0.3, 0.4) is 0 Å². The minimum Gasteiger partial charge on any atom is -0.465 e. The summed E-state index contributed by atoms with van der Waals surface area (Å²) >= 11 is 0. The van der Waals surface area contributed by atoms with E-state index < -0.39 is 23.5 Å². The number of carbonyl (C=O) groups is 3. The number of benzene rings is 1. The molecule has 4 N–H and O–H groups in total. The monoisotopic (exact) mass is 345 g/mol. The second-order valence-corrected chi connectivity index (χ2v) is 5.00. The van der Waals surface area contributed by atoms with Crippen molar-refractivity contribution in [2.24, 2.45) is 5.73 Å². The molecule has 130 valence electrons. The molecule has 0 atom stereocenters. The van der Waals surface area contributed by atoms with Gasteiger partial charge < -0.3 is 20.8 Å². The molecule has 0 aliphatic carbocycles. The van der Waals surface area contributed by atoms with E-state index in [0.29, 0.717) is 5.76 Å². The van der Waals surface area contributed by atoms with Gasteiger partial charge in [0.05, 0.1) is 12.0 Å². The van der Waals surface area contributed by atoms with E-state index in [1.54, 1.807) is 12.1 Å². The van der Waals surface area contributed by atoms with E-state index in [1.165, 1.54) is 30.5 Å². The Bertz CT molecular complexity index is 800. The predicted octanol–water partition coefficient (Wildman–Crippen LogP) is 1.68. The number of anilines is 1. The lowest BCUT2D eigenvalue weighted by atomic mass is 10.1. The van der Waals surface area contributed by atoms with E-state index in [0.717, 1.165) is 6.07 Å². The Kier molecular flexibility index (Phi) is 6.05. The molecule has 25 heavy (non-hydrogen) atoms. The van der Waals surface area contributed by atoms with E-state index in [2.05, 4.69) is 10.6 Å². The van der Waals surface area contributed by atoms with Crippen LogP contribution in [-0.4, -0.2) is 24.3 Å². The first-order chi connectivity index (χ1) is 12.0. The van der Waals surface area contributed by atoms with Crippen molar-refractivity contribution in [3.05, 3.63) is 59.8 Å². The number of hydrogen-bond donors (Lipinski definition) is 3. The molecule has 0 unspecified atom stereocenters. The lowest BCUT2D eigenvalue weighted by molar-refractivity contribution is -0.118. The molecule has 0 spiro atoms. The first-order valence-electron chi connectivity index (χ1n) is 7.34. The highest BCUT2D eigenvalue weighted by atomic mass is 19.1. The molecule has 2 rings (SSSR count). The SMILES string of the molecule is NC(=O)CCNC(=O)c1ccc(F)c(NC(=O)/C=C/c2ccco2)c1. The topological polar surface area (TPSA) is 114 Å². The zero-order chi connectivity index (χ0) is 18.2. The Hall–Kier alpha value is -3.42. The minimum absolute atomic E-state index is 0.00585. The van der Waals surface area contributed by atoms with E-state index in [9.17, 15) is 18.8 Å². The van der Waals surface area contributed by atoms with E-state index in [4.69, 9.17) is 10.2 Å². The summed E-state index contributed by atoms with van der Waals surface area (Å²) in [6, 6.07) is 6.85. The number of nitrogens with two attached hydrogens (primary N) is 1. The highest BCUT2D eigenvalue weighted by Gasteiger charge is 2.11. The average molecular weight is 345 g/mol. The van der Waals surface area contributed by atoms with Crippen LogP contribution in [0.2, 0.25) is 0 Å². The van der Waals surface area contributed by atoms with Crippen molar-refractivity contribution in [2.75, 3.05) is 11.9 Å². The summed E-state index contributed by atoms with van der Waals surface area (Å²) in [5.74, 6) is -1.85. The van der Waals surface area contributed by atoms with Crippen molar-refractivity contribution >= 4 is 29.5 Å². The maximum absolute atomic E-state index is 13.8. The van der Waals surface area contributed by atoms with Crippen molar-refractivity contribution in [1.82, 2.24) is 5.32 Å². The molecular weight excluding hydrogens is 329 g/mol. The number of rotatable bonds is 7. The third-order valence-corrected chi connectivity index (χ3v) is 3.09. The molecule has 0 fully saturated rings. The lowest BCUT2D eigenvalue weighted by Crippen LogP contribution is -2.28. The highest BCUT2D eigenvalue weighted by molar-refractivity contribution is 6.03. The van der Waals surface area contributed by atoms with Gasteiger partial charge in [-0.2, -0.15) is 0 Å². The fourth-order valence-corrected chi connectivity index (χ4v) is 1.88. The molecule has 0 saturated carbocycles. The third-order valence-electron chi connectivity index (χ3n) is 3.09. The van der Waals surface area contributed by atoms with Crippen LogP contribution in [0.15, 0.2) is 47.1 Å². The Balaban J connectivity index is 2.01. The molecule has 0 saturated heterocycles. The number of amides is 3. The van der Waals surface area contributed by atoms with Gasteiger partial charge in [0.2, 0.25) is 11.8 Å². The summed E-state index contributed by atoms with van der Waals surface area (Å²) in [6.07, 6.45) is 4.05. The molecular formula is C17H16FN3O4. The average Bonchev–Trinajstić information content (AvgIpc) is 3.08. The molecule has 0 aliphatic heterocycles. The maximum atomic E-state index is 13.8. The van der Waals surface area contributed by atoms with Crippen LogP contribution in [-0.2, 0) is 9.59 Å². The lowest BCUT2D eigenvalue weighted by Gasteiger charge is -2.08. The van der Waals surface area contributed by atoms with Gasteiger partial charge in [0, 0.05) is 24.6 Å². The molecule has 3 amide bonds. The van der Waals surface area contributed by atoms with Gasteiger partial charge in [-0.1, -0.05) is 0 Å². The Morgan fingerprint density at radius 2 is 2.04 bits per heavy atom. The number of carbonyl (C=O) groups excluding carboxylic acids is 3. The number of hydrogen-bond acceptors (Lipinski definition) is 4. The summed E-state index contributed by atoms with van der Waals surface area (Å²) in [7, 11) is 0. The van der Waals surface area contributed by atoms with Crippen molar-refractivity contribution in [3.63, 3.8) is 0 Å². The molecule has 7 nitrogen and oxygen atoms in total. The summed E-state index contributed by atoms with van der Waals surface area (Å²) in [4.78, 5) is 34.4. The minimum atomic E-state index is -0.687. The van der Waals surface area contributed by atoms with Crippen LogP contribution in [0.5, 0.6) is 0 Å². The predicted molar refractivity (Wildman–Crippen MR) is 88.9 cm³/mol. The fourth-order valence-electron chi connectivity index (χ4n) is 1.88. The molecule has 1 aromatic carbocycles. The smallest absolute Gasteiger partial charge is 0.251 e. The van der Waals surface area contributed by atoms with E-state index in [1.807, 2.05) is 0 Å². The van der Waals surface area contributed by atoms with Crippen LogP contribution in [0.25, 0.3) is 6.08 Å². The van der Waals surface area contributed by atoms with E-state index in [-0.39, 0.29) is 24.2 Å². The molecule has 2 aromatic rings. The Labute approximate surface area is 142 Å². The molecule has 1 aromatic heterocycles. The van der Waals surface area contributed by atoms with E-state index >= 15 is 0 Å². The zero-order valence-electron chi connectivity index (χ0n) is 13.1. The highest BCUT2D eigenvalue weighted by Crippen LogP contribution is 2.16. The molecule has 0 bridgehead atoms. The standard InChI is InChI=1S/C17H16FN3O4/c18-13-5-3-11(17(24)20-8-7-15(19)22)10-14(13)21-16(23)6-4-12-2-1-9-25-12/h1-6,9-10H,7-8H2,(H2,19,22)(H,20,24)(H,21,23)/b6-4+. The van der Waals surface area contributed by atoms with Crippen LogP contribution in [0, 0.1) is 5.82 Å². The maximum Gasteiger partial charge on any atom is 0.251 e. The summed E-state index contributed by atoms with van der Waals surface area (Å²) in [6.45, 7) is 0.0686. The number of furan rings is 1. The van der Waals surface area contributed by atoms with Crippen LogP contribution < -0.4 is 16.4 Å². The molecule has 0 radical (unpaired) electrons. The summed E-state index contributed by atoms with van der Waals surface area (Å²) in [5.41, 5.74) is 4.97. The van der Waals surface area contributed by atoms with Gasteiger partial charge in [0.25, 0.3) is 5.91 Å². The molecule has 0 aliphatic rings. The fraction of sp³-hybridized carbons (Fsp3) is 0.118. The van der Waals surface area contributed by atoms with Crippen LogP contribution >= 0.6 is 0 Å². The second-order valence-electron chi connectivity index (χ2n) is 5.00. The van der Waals surface area contributed by atoms with Crippen molar-refractivity contribution in [2.45, 2.75) is 6.42 Å². The third kappa shape index (κ3) is 5.61. The van der Waals surface area contributed by atoms with Crippen LogP contribution in [0.4, 0.5) is 10.1 Å². The number of nitrogens with one attached hydrogen (secondary N) is 2. The van der Waals surface area contributed by atoms with Gasteiger partial charge in [-0.05, 0) is 36.4 Å². The van der Waals surface area contributed by atoms with Gasteiger partial charge in [-0.25, -0.2) is 4.39 Å². The van der Waals surface area contributed by atoms with Crippen molar-refractivity contribution in [1.29, 1.82) is 0 Å². The van der Waals surface area contributed by atoms with Crippen molar-refractivity contribution < 1.29 is 23.2 Å². The van der Waals surface area contributed by atoms with Gasteiger partial charge >= 0.3 is 0 Å². The van der Waals surface area contributed by atoms with Gasteiger partial charge in [0.15, 0.2) is 0 Å².